The summed E-state index contributed by atoms with van der Waals surface area (Å²) < 4.78 is 8.32. The maximum Gasteiger partial charge on any atom is 0.425 e. The maximum absolute atomic E-state index is 13.1. The molecule has 31 heavy (non-hydrogen) atoms. The molecule has 4 heterocycles. The number of aromatic amines is 1. The number of methoxy groups -OCH3 is 1. The van der Waals surface area contributed by atoms with Crippen LogP contribution < -0.4 is 15.4 Å². The van der Waals surface area contributed by atoms with Crippen LogP contribution >= 0.6 is 0 Å². The van der Waals surface area contributed by atoms with E-state index >= 15 is 0 Å². The summed E-state index contributed by atoms with van der Waals surface area (Å²) in [6.45, 7) is 5.47. The summed E-state index contributed by atoms with van der Waals surface area (Å²) in [5.74, 6) is 0.782. The molecule has 1 aromatic carbocycles. The highest BCUT2D eigenvalue weighted by Gasteiger charge is 2.21. The molecule has 0 saturated carbocycles. The molecule has 9 nitrogen and oxygen atoms in total. The van der Waals surface area contributed by atoms with Crippen LogP contribution in [0.15, 0.2) is 47.7 Å². The fourth-order valence-corrected chi connectivity index (χ4v) is 4.11. The summed E-state index contributed by atoms with van der Waals surface area (Å²) in [6.07, 6.45) is 3.43. The average Bonchev–Trinajstić information content (AvgIpc) is 3.29. The summed E-state index contributed by atoms with van der Waals surface area (Å²) in [7, 11) is 3.79. The van der Waals surface area contributed by atoms with Gasteiger partial charge in [0.2, 0.25) is 0 Å². The van der Waals surface area contributed by atoms with Crippen LogP contribution in [0.4, 0.5) is 0 Å². The number of H-pyrrole nitrogens is 1. The number of ether oxygens (including phenoxy) is 1. The molecule has 5 rings (SSSR count). The summed E-state index contributed by atoms with van der Waals surface area (Å²) in [5.41, 5.74) is 3.20. The van der Waals surface area contributed by atoms with Crippen molar-refractivity contribution in [1.29, 1.82) is 0 Å². The van der Waals surface area contributed by atoms with E-state index in [0.29, 0.717) is 17.8 Å². The van der Waals surface area contributed by atoms with Gasteiger partial charge in [-0.05, 0) is 40.9 Å². The normalized spacial score (nSPS) is 15.7. The van der Waals surface area contributed by atoms with E-state index in [1.54, 1.807) is 18.0 Å². The van der Waals surface area contributed by atoms with E-state index in [2.05, 4.69) is 33.0 Å². The molecule has 3 aromatic heterocycles. The highest BCUT2D eigenvalue weighted by Crippen LogP contribution is 2.19. The first-order valence-corrected chi connectivity index (χ1v) is 10.4. The number of hydrogen-bond donors (Lipinski definition) is 0. The van der Waals surface area contributed by atoms with Crippen molar-refractivity contribution in [3.05, 3.63) is 64.5 Å². The van der Waals surface area contributed by atoms with Gasteiger partial charge in [-0.25, -0.2) is 14.8 Å². The van der Waals surface area contributed by atoms with E-state index in [1.165, 1.54) is 4.52 Å². The Hall–Kier alpha value is -3.30. The van der Waals surface area contributed by atoms with E-state index in [9.17, 15) is 4.79 Å². The molecule has 0 unspecified atom stereocenters. The van der Waals surface area contributed by atoms with E-state index in [4.69, 9.17) is 9.72 Å². The van der Waals surface area contributed by atoms with E-state index in [0.717, 1.165) is 55.0 Å². The number of likely N-dealkylation sites (N-methyl/N-ethyl adjacent to an activating group) is 1. The third kappa shape index (κ3) is 3.77. The largest absolute Gasteiger partial charge is 0.497 e. The van der Waals surface area contributed by atoms with Crippen LogP contribution in [-0.2, 0) is 13.1 Å². The lowest BCUT2D eigenvalue weighted by molar-refractivity contribution is -0.345. The summed E-state index contributed by atoms with van der Waals surface area (Å²) in [5, 5.41) is 5.10. The van der Waals surface area contributed by atoms with Gasteiger partial charge in [-0.1, -0.05) is 12.1 Å². The van der Waals surface area contributed by atoms with Crippen molar-refractivity contribution in [3.63, 3.8) is 0 Å². The first-order chi connectivity index (χ1) is 15.1. The Morgan fingerprint density at radius 2 is 1.84 bits per heavy atom. The van der Waals surface area contributed by atoms with Gasteiger partial charge in [-0.15, -0.1) is 0 Å². The number of rotatable bonds is 5. The standard InChI is InChI=1S/C22H25N7O2/c1-26-7-9-27(10-8-26)13-17-11-19-20(23-12-17)28(22(30)29-21(19)24-15-25-29)14-16-3-5-18(31-2)6-4-16/h3-6,11-12,15H,7-10,13-14H2,1-2H3/p+1. The van der Waals surface area contributed by atoms with Crippen LogP contribution in [0.5, 0.6) is 5.75 Å². The topological polar surface area (TPSA) is 82.0 Å². The van der Waals surface area contributed by atoms with Crippen molar-refractivity contribution in [2.75, 3.05) is 40.3 Å². The van der Waals surface area contributed by atoms with Crippen molar-refractivity contribution < 1.29 is 9.72 Å². The van der Waals surface area contributed by atoms with Gasteiger partial charge in [-0.2, -0.15) is 0 Å². The predicted molar refractivity (Wildman–Crippen MR) is 116 cm³/mol. The molecule has 0 spiro atoms. The lowest BCUT2D eigenvalue weighted by Gasteiger charge is -2.32. The van der Waals surface area contributed by atoms with Crippen molar-refractivity contribution in [2.24, 2.45) is 0 Å². The fourth-order valence-electron chi connectivity index (χ4n) is 4.11. The second-order valence-corrected chi connectivity index (χ2v) is 8.06. The third-order valence-electron chi connectivity index (χ3n) is 5.93. The van der Waals surface area contributed by atoms with Crippen LogP contribution in [-0.4, -0.2) is 69.3 Å². The molecule has 4 aromatic rings. The van der Waals surface area contributed by atoms with E-state index in [-0.39, 0.29) is 5.69 Å². The lowest BCUT2D eigenvalue weighted by Crippen LogP contribution is -2.43. The smallest absolute Gasteiger partial charge is 0.425 e. The molecule has 1 N–H and O–H groups in total. The number of nitrogens with zero attached hydrogens (tertiary/aromatic N) is 6. The maximum atomic E-state index is 13.1. The Morgan fingerprint density at radius 3 is 2.58 bits per heavy atom. The monoisotopic (exact) mass is 420 g/mol. The Morgan fingerprint density at radius 1 is 1.06 bits per heavy atom. The minimum absolute atomic E-state index is 0.223. The molecule has 1 aliphatic heterocycles. The molecule has 9 heteroatoms. The Bertz CT molecular complexity index is 1270. The minimum atomic E-state index is -0.223. The highest BCUT2D eigenvalue weighted by molar-refractivity contribution is 5.87. The lowest BCUT2D eigenvalue weighted by atomic mass is 10.2. The van der Waals surface area contributed by atoms with Gasteiger partial charge in [0.05, 0.1) is 19.0 Å². The molecule has 0 amide bonds. The number of benzene rings is 1. The zero-order valence-corrected chi connectivity index (χ0v) is 17.8. The number of fused-ring (bicyclic) bond motifs is 3. The van der Waals surface area contributed by atoms with Gasteiger partial charge in [0, 0.05) is 44.0 Å². The van der Waals surface area contributed by atoms with E-state index < -0.39 is 0 Å². The number of nitrogens with one attached hydrogen (secondary N) is 1. The molecule has 0 atom stereocenters. The van der Waals surface area contributed by atoms with Gasteiger partial charge in [-0.3, -0.25) is 9.47 Å². The van der Waals surface area contributed by atoms with Crippen LogP contribution in [0.3, 0.4) is 0 Å². The molecule has 1 saturated heterocycles. The molecular formula is C22H26N7O2+. The zero-order valence-electron chi connectivity index (χ0n) is 17.8. The van der Waals surface area contributed by atoms with Gasteiger partial charge in [0.15, 0.2) is 5.65 Å². The van der Waals surface area contributed by atoms with Gasteiger partial charge in [0.1, 0.15) is 5.75 Å². The van der Waals surface area contributed by atoms with Crippen molar-refractivity contribution in [3.8, 4) is 5.75 Å². The molecule has 160 valence electrons. The molecular weight excluding hydrogens is 394 g/mol. The average molecular weight is 420 g/mol. The number of piperazine rings is 1. The molecule has 0 aliphatic carbocycles. The molecule has 1 fully saturated rings. The Balaban J connectivity index is 1.55. The first-order valence-electron chi connectivity index (χ1n) is 10.4. The molecule has 0 radical (unpaired) electrons. The van der Waals surface area contributed by atoms with Crippen LogP contribution in [0.1, 0.15) is 11.1 Å². The predicted octanol–water partition coefficient (Wildman–Crippen LogP) is 0.663. The number of aromatic nitrogens is 5. The van der Waals surface area contributed by atoms with Crippen molar-refractivity contribution >= 4 is 16.7 Å². The van der Waals surface area contributed by atoms with Gasteiger partial charge in [0.25, 0.3) is 12.0 Å². The summed E-state index contributed by atoms with van der Waals surface area (Å²) in [6, 6.07) is 9.82. The second kappa shape index (κ2) is 8.09. The Kier molecular flexibility index (Phi) is 5.13. The Labute approximate surface area is 179 Å². The summed E-state index contributed by atoms with van der Waals surface area (Å²) >= 11 is 0. The van der Waals surface area contributed by atoms with Crippen LogP contribution in [0.2, 0.25) is 0 Å². The van der Waals surface area contributed by atoms with Gasteiger partial charge < -0.3 is 9.64 Å². The number of hydrogen-bond acceptors (Lipinski definition) is 6. The van der Waals surface area contributed by atoms with Crippen molar-refractivity contribution in [1.82, 2.24) is 29.0 Å². The van der Waals surface area contributed by atoms with Crippen LogP contribution in [0, 0.1) is 0 Å². The SMILES string of the molecule is COc1ccc(Cn2c(=O)n3nc[nH+]c3c3cc(CN4CCN(C)CC4)cnc32)cc1. The highest BCUT2D eigenvalue weighted by atomic mass is 16.5. The van der Waals surface area contributed by atoms with Gasteiger partial charge >= 0.3 is 5.69 Å². The first kappa shape index (κ1) is 19.7. The second-order valence-electron chi connectivity index (χ2n) is 8.06. The quantitative estimate of drug-likeness (QED) is 0.472. The van der Waals surface area contributed by atoms with E-state index in [1.807, 2.05) is 30.5 Å². The summed E-state index contributed by atoms with van der Waals surface area (Å²) in [4.78, 5) is 25.7. The third-order valence-corrected chi connectivity index (χ3v) is 5.93. The number of pyridine rings is 1. The van der Waals surface area contributed by atoms with Crippen LogP contribution in [0.25, 0.3) is 16.7 Å². The zero-order chi connectivity index (χ0) is 21.4. The molecule has 1 aliphatic rings. The molecule has 0 bridgehead atoms. The fraction of sp³-hybridized carbons (Fsp3) is 0.364. The van der Waals surface area contributed by atoms with Crippen molar-refractivity contribution in [2.45, 2.75) is 13.1 Å². The minimum Gasteiger partial charge on any atom is -0.497 e.